The smallest absolute Gasteiger partial charge is 0.226 e. The first-order valence-corrected chi connectivity index (χ1v) is 14.3. The Balaban J connectivity index is 1.74. The molecule has 0 unspecified atom stereocenters. The van der Waals surface area contributed by atoms with Gasteiger partial charge in [0.2, 0.25) is 5.91 Å². The number of halogens is 2. The Labute approximate surface area is 251 Å². The normalized spacial score (nSPS) is 12.2. The highest BCUT2D eigenvalue weighted by Gasteiger charge is 2.24. The van der Waals surface area contributed by atoms with Crippen molar-refractivity contribution >= 4 is 46.4 Å². The Hall–Kier alpha value is -3.38. The number of nitrogens with zero attached hydrogens (tertiary/aromatic N) is 4. The molecule has 1 aromatic heterocycles. The van der Waals surface area contributed by atoms with Crippen LogP contribution in [0.1, 0.15) is 42.7 Å². The highest BCUT2D eigenvalue weighted by atomic mass is 35.5. The summed E-state index contributed by atoms with van der Waals surface area (Å²) in [6.07, 6.45) is 6.23. The molecule has 210 valence electrons. The summed E-state index contributed by atoms with van der Waals surface area (Å²) < 4.78 is 1.95. The molecule has 2 aromatic carbocycles. The van der Waals surface area contributed by atoms with E-state index in [-0.39, 0.29) is 24.3 Å². The van der Waals surface area contributed by atoms with Crippen molar-refractivity contribution in [3.05, 3.63) is 100 Å². The van der Waals surface area contributed by atoms with E-state index in [2.05, 4.69) is 42.1 Å². The van der Waals surface area contributed by atoms with Gasteiger partial charge in [0.15, 0.2) is 5.11 Å². The lowest BCUT2D eigenvalue weighted by Crippen LogP contribution is -2.51. The van der Waals surface area contributed by atoms with Gasteiger partial charge in [-0.3, -0.25) is 4.79 Å². The number of rotatable bonds is 13. The van der Waals surface area contributed by atoms with Gasteiger partial charge < -0.3 is 20.1 Å². The van der Waals surface area contributed by atoms with Gasteiger partial charge in [0.05, 0.1) is 34.4 Å². The van der Waals surface area contributed by atoms with Gasteiger partial charge in [-0.1, -0.05) is 73.8 Å². The number of nitrogens with one attached hydrogen (secondary N) is 2. The molecule has 2 N–H and O–H groups in total. The zero-order chi connectivity index (χ0) is 29.1. The van der Waals surface area contributed by atoms with Crippen LogP contribution in [-0.2, 0) is 24.3 Å². The topological polar surface area (TPSA) is 86.0 Å². The fraction of sp³-hybridized carbons (Fsp3) is 0.333. The summed E-state index contributed by atoms with van der Waals surface area (Å²) in [5.74, 6) is 0.0876. The highest BCUT2D eigenvalue weighted by Crippen LogP contribution is 2.27. The lowest BCUT2D eigenvalue weighted by Gasteiger charge is -2.33. The average molecular weight is 598 g/mol. The molecule has 0 radical (unpaired) electrons. The summed E-state index contributed by atoms with van der Waals surface area (Å²) in [6.45, 7) is 9.97. The average Bonchev–Trinajstić information content (AvgIpc) is 3.38. The Kier molecular flexibility index (Phi) is 12.0. The Bertz CT molecular complexity index is 1350. The van der Waals surface area contributed by atoms with Crippen LogP contribution >= 0.6 is 35.4 Å². The number of carbonyl (C=O) groups excluding carboxylic acids is 1. The summed E-state index contributed by atoms with van der Waals surface area (Å²) in [5.41, 5.74) is 3.27. The first kappa shape index (κ1) is 31.2. The van der Waals surface area contributed by atoms with Gasteiger partial charge >= 0.3 is 0 Å². The van der Waals surface area contributed by atoms with Crippen LogP contribution < -0.4 is 10.6 Å². The molecular weight excluding hydrogens is 563 g/mol. The van der Waals surface area contributed by atoms with Gasteiger partial charge in [0.1, 0.15) is 0 Å². The second-order valence-electron chi connectivity index (χ2n) is 9.63. The van der Waals surface area contributed by atoms with E-state index in [1.807, 2.05) is 33.7 Å². The van der Waals surface area contributed by atoms with E-state index < -0.39 is 0 Å². The van der Waals surface area contributed by atoms with E-state index in [9.17, 15) is 4.79 Å². The van der Waals surface area contributed by atoms with Crippen LogP contribution in [0, 0.1) is 17.2 Å². The van der Waals surface area contributed by atoms with Crippen LogP contribution in [0.15, 0.2) is 67.6 Å². The summed E-state index contributed by atoms with van der Waals surface area (Å²) in [5, 5.41) is 17.0. The standard InChI is InChI=1S/C30H34Cl2N6OS/c1-4-13-35-30(40)37(18-24-7-6-8-26(31)29(24)32)19-27(21(3)5-2)36-28(39)14-25-16-34-20-38(25)17-23-11-9-22(15-33)10-12-23/h4,6-12,16,20-21,27H,1,5,13-14,17-19H2,2-3H3,(H,35,40)(H,36,39)/t21-,27+/m0/s1. The number of aromatic nitrogens is 2. The summed E-state index contributed by atoms with van der Waals surface area (Å²) in [6, 6.07) is 14.9. The number of thiocarbonyl (C=S) groups is 1. The molecule has 0 bridgehead atoms. The monoisotopic (exact) mass is 596 g/mol. The van der Waals surface area contributed by atoms with Crippen LogP contribution in [-0.4, -0.2) is 44.6 Å². The van der Waals surface area contributed by atoms with Gasteiger partial charge in [-0.2, -0.15) is 5.26 Å². The molecule has 0 spiro atoms. The summed E-state index contributed by atoms with van der Waals surface area (Å²) in [4.78, 5) is 19.6. The molecule has 0 saturated carbocycles. The van der Waals surface area contributed by atoms with Crippen molar-refractivity contribution < 1.29 is 4.79 Å². The molecule has 40 heavy (non-hydrogen) atoms. The van der Waals surface area contributed by atoms with Crippen molar-refractivity contribution in [2.75, 3.05) is 13.1 Å². The van der Waals surface area contributed by atoms with Crippen molar-refractivity contribution in [3.8, 4) is 6.07 Å². The number of amides is 1. The van der Waals surface area contributed by atoms with Gasteiger partial charge in [-0.15, -0.1) is 6.58 Å². The van der Waals surface area contributed by atoms with Crippen LogP contribution in [0.25, 0.3) is 0 Å². The molecular formula is C30H34Cl2N6OS. The van der Waals surface area contributed by atoms with E-state index in [0.29, 0.717) is 46.9 Å². The maximum Gasteiger partial charge on any atom is 0.226 e. The third-order valence-corrected chi connectivity index (χ3v) is 8.01. The van der Waals surface area contributed by atoms with Crippen molar-refractivity contribution in [2.45, 2.75) is 45.8 Å². The minimum absolute atomic E-state index is 0.0995. The predicted octanol–water partition coefficient (Wildman–Crippen LogP) is 5.75. The van der Waals surface area contributed by atoms with Gasteiger partial charge in [0, 0.05) is 44.1 Å². The molecule has 3 aromatic rings. The summed E-state index contributed by atoms with van der Waals surface area (Å²) >= 11 is 18.5. The molecule has 3 rings (SSSR count). The molecule has 0 aliphatic carbocycles. The molecule has 0 aliphatic heterocycles. The lowest BCUT2D eigenvalue weighted by atomic mass is 9.98. The SMILES string of the molecule is C=CCNC(=S)N(Cc1cccc(Cl)c1Cl)C[C@@H](NC(=O)Cc1cncn1Cc1ccc(C#N)cc1)[C@@H](C)CC. The maximum atomic E-state index is 13.3. The zero-order valence-corrected chi connectivity index (χ0v) is 25.1. The third kappa shape index (κ3) is 8.82. The lowest BCUT2D eigenvalue weighted by molar-refractivity contribution is -0.121. The van der Waals surface area contributed by atoms with E-state index in [0.717, 1.165) is 23.2 Å². The number of hydrogen-bond donors (Lipinski definition) is 2. The first-order valence-electron chi connectivity index (χ1n) is 13.1. The molecule has 10 heteroatoms. The molecule has 7 nitrogen and oxygen atoms in total. The number of imidazole rings is 1. The molecule has 2 atom stereocenters. The van der Waals surface area contributed by atoms with Crippen LogP contribution in [0.4, 0.5) is 0 Å². The molecule has 0 saturated heterocycles. The number of benzene rings is 2. The van der Waals surface area contributed by atoms with Crippen LogP contribution in [0.5, 0.6) is 0 Å². The number of nitriles is 1. The number of hydrogen-bond acceptors (Lipinski definition) is 4. The van der Waals surface area contributed by atoms with E-state index in [1.165, 1.54) is 0 Å². The number of carbonyl (C=O) groups is 1. The van der Waals surface area contributed by atoms with Crippen molar-refractivity contribution in [1.29, 1.82) is 5.26 Å². The van der Waals surface area contributed by atoms with Gasteiger partial charge in [-0.05, 0) is 47.5 Å². The zero-order valence-electron chi connectivity index (χ0n) is 22.7. The molecule has 0 aliphatic rings. The second kappa shape index (κ2) is 15.4. The first-order chi connectivity index (χ1) is 19.2. The van der Waals surface area contributed by atoms with Crippen molar-refractivity contribution in [1.82, 2.24) is 25.1 Å². The Morgan fingerprint density at radius 1 is 1.27 bits per heavy atom. The minimum Gasteiger partial charge on any atom is -0.359 e. The molecule has 0 fully saturated rings. The second-order valence-corrected chi connectivity index (χ2v) is 10.8. The van der Waals surface area contributed by atoms with E-state index in [1.54, 1.807) is 36.8 Å². The van der Waals surface area contributed by atoms with Crippen molar-refractivity contribution in [3.63, 3.8) is 0 Å². The highest BCUT2D eigenvalue weighted by molar-refractivity contribution is 7.80. The van der Waals surface area contributed by atoms with Crippen LogP contribution in [0.2, 0.25) is 10.0 Å². The van der Waals surface area contributed by atoms with Crippen molar-refractivity contribution in [2.24, 2.45) is 5.92 Å². The Morgan fingerprint density at radius 3 is 2.70 bits per heavy atom. The third-order valence-electron chi connectivity index (χ3n) is 6.75. The van der Waals surface area contributed by atoms with Crippen LogP contribution in [0.3, 0.4) is 0 Å². The largest absolute Gasteiger partial charge is 0.359 e. The molecule has 1 heterocycles. The predicted molar refractivity (Wildman–Crippen MR) is 165 cm³/mol. The van der Waals surface area contributed by atoms with Gasteiger partial charge in [-0.25, -0.2) is 4.98 Å². The van der Waals surface area contributed by atoms with E-state index >= 15 is 0 Å². The summed E-state index contributed by atoms with van der Waals surface area (Å²) in [7, 11) is 0. The fourth-order valence-corrected chi connectivity index (χ4v) is 4.80. The van der Waals surface area contributed by atoms with Gasteiger partial charge in [0.25, 0.3) is 0 Å². The van der Waals surface area contributed by atoms with E-state index in [4.69, 9.17) is 40.7 Å². The minimum atomic E-state index is -0.172. The molecule has 1 amide bonds. The fourth-order valence-electron chi connectivity index (χ4n) is 4.20. The Morgan fingerprint density at radius 2 is 2.02 bits per heavy atom. The maximum absolute atomic E-state index is 13.3. The quantitative estimate of drug-likeness (QED) is 0.193.